The third kappa shape index (κ3) is 8.94. The van der Waals surface area contributed by atoms with Crippen molar-refractivity contribution in [2.45, 2.75) is 167 Å². The van der Waals surface area contributed by atoms with Gasteiger partial charge >= 0.3 is 5.97 Å². The summed E-state index contributed by atoms with van der Waals surface area (Å²) in [5, 5.41) is 156. The van der Waals surface area contributed by atoms with Gasteiger partial charge in [0.05, 0.1) is 25.4 Å². The van der Waals surface area contributed by atoms with Gasteiger partial charge in [-0.05, 0) is 13.8 Å². The smallest absolute Gasteiger partial charge is 0.335 e. The van der Waals surface area contributed by atoms with Crippen LogP contribution in [0.25, 0.3) is 0 Å². The minimum absolute atomic E-state index is 0.850. The highest BCUT2D eigenvalue weighted by Crippen LogP contribution is 2.36. The average Bonchev–Trinajstić information content (AvgIpc) is 3.14. The van der Waals surface area contributed by atoms with E-state index in [0.717, 1.165) is 0 Å². The fraction of sp³-hybridized carbons (Fsp3) is 0.967. The van der Waals surface area contributed by atoms with E-state index >= 15 is 0 Å². The van der Waals surface area contributed by atoms with E-state index in [9.17, 15) is 81.4 Å². The maximum Gasteiger partial charge on any atom is 0.335 e. The van der Waals surface area contributed by atoms with Gasteiger partial charge in [-0.3, -0.25) is 0 Å². The van der Waals surface area contributed by atoms with E-state index in [1.165, 1.54) is 13.8 Å². The van der Waals surface area contributed by atoms with Crippen molar-refractivity contribution in [3.8, 4) is 0 Å². The maximum atomic E-state index is 11.6. The van der Waals surface area contributed by atoms with Crippen molar-refractivity contribution in [1.29, 1.82) is 0 Å². The van der Waals surface area contributed by atoms with E-state index in [-0.39, 0.29) is 0 Å². The number of aliphatic carboxylic acids is 1. The highest BCUT2D eigenvalue weighted by atomic mass is 16.8. The number of carboxylic acid groups (broad SMARTS) is 1. The van der Waals surface area contributed by atoms with Gasteiger partial charge in [-0.2, -0.15) is 0 Å². The molecule has 0 aliphatic carbocycles. The van der Waals surface area contributed by atoms with Crippen molar-refractivity contribution in [3.63, 3.8) is 0 Å². The Morgan fingerprint density at radius 2 is 0.909 bits per heavy atom. The van der Waals surface area contributed by atoms with Crippen molar-refractivity contribution >= 4 is 5.97 Å². The molecular weight excluding hydrogens is 760 g/mol. The van der Waals surface area contributed by atoms with Crippen LogP contribution < -0.4 is 0 Å². The normalized spacial score (nSPS) is 53.9. The number of carbonyl (C=O) groups is 1. The fourth-order valence-electron chi connectivity index (χ4n) is 6.87. The molecule has 5 saturated heterocycles. The highest BCUT2D eigenvalue weighted by Gasteiger charge is 2.56. The lowest BCUT2D eigenvalue weighted by Gasteiger charge is -2.49. The van der Waals surface area contributed by atoms with E-state index in [2.05, 4.69) is 0 Å². The largest absolute Gasteiger partial charge is 0.479 e. The first-order valence-electron chi connectivity index (χ1n) is 17.3. The summed E-state index contributed by atoms with van der Waals surface area (Å²) >= 11 is 0. The number of ether oxygens (including phenoxy) is 9. The number of aliphatic hydroxyl groups excluding tert-OH is 14. The second-order valence-electron chi connectivity index (χ2n) is 14.0. The molecule has 0 radical (unpaired) electrons. The second kappa shape index (κ2) is 18.2. The van der Waals surface area contributed by atoms with Crippen LogP contribution in [-0.4, -0.2) is 249 Å². The van der Waals surface area contributed by atoms with Gasteiger partial charge in [0.25, 0.3) is 0 Å². The molecule has 5 aliphatic rings. The third-order valence-corrected chi connectivity index (χ3v) is 10.2. The molecule has 0 unspecified atom stereocenters. The Labute approximate surface area is 310 Å². The van der Waals surface area contributed by atoms with Crippen LogP contribution in [0.5, 0.6) is 0 Å². The Balaban J connectivity index is 1.34. The maximum absolute atomic E-state index is 11.6. The van der Waals surface area contributed by atoms with Crippen molar-refractivity contribution in [2.75, 3.05) is 13.2 Å². The van der Waals surface area contributed by atoms with Crippen molar-refractivity contribution in [1.82, 2.24) is 0 Å². The van der Waals surface area contributed by atoms with E-state index in [0.29, 0.717) is 0 Å². The summed E-state index contributed by atoms with van der Waals surface area (Å²) in [7, 11) is 0. The molecule has 15 N–H and O–H groups in total. The molecule has 5 aliphatic heterocycles. The monoisotopic (exact) mass is 810 g/mol. The predicted octanol–water partition coefficient (Wildman–Crippen LogP) is -9.78. The molecule has 25 atom stereocenters. The van der Waals surface area contributed by atoms with Crippen LogP contribution >= 0.6 is 0 Å². The van der Waals surface area contributed by atoms with E-state index in [1.54, 1.807) is 0 Å². The van der Waals surface area contributed by atoms with Gasteiger partial charge in [-0.15, -0.1) is 0 Å². The van der Waals surface area contributed by atoms with Gasteiger partial charge < -0.3 is 119 Å². The van der Waals surface area contributed by atoms with Crippen LogP contribution in [0.2, 0.25) is 0 Å². The summed E-state index contributed by atoms with van der Waals surface area (Å²) in [6, 6.07) is 0. The number of hydrogen-bond acceptors (Lipinski definition) is 24. The molecule has 5 heterocycles. The van der Waals surface area contributed by atoms with Crippen molar-refractivity contribution in [2.24, 2.45) is 0 Å². The third-order valence-electron chi connectivity index (χ3n) is 10.2. The van der Waals surface area contributed by atoms with Crippen LogP contribution in [0.15, 0.2) is 0 Å². The molecule has 5 rings (SSSR count). The highest BCUT2D eigenvalue weighted by molar-refractivity contribution is 5.73. The number of rotatable bonds is 11. The average molecular weight is 811 g/mol. The Kier molecular flexibility index (Phi) is 14.8. The van der Waals surface area contributed by atoms with E-state index in [1.807, 2.05) is 0 Å². The summed E-state index contributed by atoms with van der Waals surface area (Å²) in [6.07, 6.45) is -46.2. The molecule has 0 bridgehead atoms. The van der Waals surface area contributed by atoms with Crippen LogP contribution in [-0.2, 0) is 47.4 Å². The quantitative estimate of drug-likeness (QED) is 0.0921. The van der Waals surface area contributed by atoms with Crippen LogP contribution in [0, 0.1) is 0 Å². The molecule has 25 heteroatoms. The van der Waals surface area contributed by atoms with Crippen molar-refractivity contribution in [3.05, 3.63) is 0 Å². The molecule has 55 heavy (non-hydrogen) atoms. The first-order chi connectivity index (χ1) is 25.8. The van der Waals surface area contributed by atoms with Crippen molar-refractivity contribution < 1.29 is 124 Å². The lowest BCUT2D eigenvalue weighted by Crippen LogP contribution is -2.67. The molecule has 25 nitrogen and oxygen atoms in total. The Bertz CT molecular complexity index is 1250. The van der Waals surface area contributed by atoms with Gasteiger partial charge in [0.15, 0.2) is 37.6 Å². The minimum Gasteiger partial charge on any atom is -0.479 e. The second-order valence-corrected chi connectivity index (χ2v) is 14.0. The Morgan fingerprint density at radius 1 is 0.436 bits per heavy atom. The molecule has 0 aromatic rings. The zero-order valence-electron chi connectivity index (χ0n) is 29.1. The lowest BCUT2D eigenvalue weighted by atomic mass is 9.95. The topological polar surface area (TPSA) is 404 Å². The predicted molar refractivity (Wildman–Crippen MR) is 164 cm³/mol. The molecule has 320 valence electrons. The first kappa shape index (κ1) is 44.6. The Hall–Kier alpha value is -1.45. The number of aliphatic hydroxyl groups is 14. The lowest BCUT2D eigenvalue weighted by molar-refractivity contribution is -0.395. The van der Waals surface area contributed by atoms with Crippen LogP contribution in [0.1, 0.15) is 13.8 Å². The summed E-state index contributed by atoms with van der Waals surface area (Å²) < 4.78 is 49.6. The molecule has 0 saturated carbocycles. The number of carboxylic acids is 1. The minimum atomic E-state index is -2.12. The Morgan fingerprint density at radius 3 is 1.51 bits per heavy atom. The first-order valence-corrected chi connectivity index (χ1v) is 17.3. The molecule has 0 amide bonds. The summed E-state index contributed by atoms with van der Waals surface area (Å²) in [4.78, 5) is 11.6. The van der Waals surface area contributed by atoms with Gasteiger partial charge in [0, 0.05) is 0 Å². The number of hydrogen-bond donors (Lipinski definition) is 15. The summed E-state index contributed by atoms with van der Waals surface area (Å²) in [6.45, 7) is 0.833. The molecule has 5 fully saturated rings. The SMILES string of the molecule is C[C@@H]1O[C@@H](O[C@@H]2[C@@H](O)[C@H](C)O[C@@H](O[C@@H]3[C@@H](O)[C@H](O[C@H]4[C@H](O)[C@@H](O)[C@@H](O)O[C@@H]4CO)O[C@H](CO)[C@H]3O)[C@@H]2O)[C@H](O[C@@H]2O[C@H](C(=O)O)[C@@H](O)[C@H](O)[C@H]2O)[C@H](O)[C@H]1O. The molecule has 0 aromatic carbocycles. The van der Waals surface area contributed by atoms with Crippen LogP contribution in [0.4, 0.5) is 0 Å². The zero-order valence-corrected chi connectivity index (χ0v) is 29.1. The van der Waals surface area contributed by atoms with E-state index in [4.69, 9.17) is 42.6 Å². The van der Waals surface area contributed by atoms with E-state index < -0.39 is 173 Å². The summed E-state index contributed by atoms with van der Waals surface area (Å²) in [5.74, 6) is -1.75. The van der Waals surface area contributed by atoms with Crippen LogP contribution in [0.3, 0.4) is 0 Å². The van der Waals surface area contributed by atoms with Gasteiger partial charge in [-0.1, -0.05) is 0 Å². The van der Waals surface area contributed by atoms with Gasteiger partial charge in [0.1, 0.15) is 104 Å². The summed E-state index contributed by atoms with van der Waals surface area (Å²) in [5.41, 5.74) is 0. The molecule has 0 aromatic heterocycles. The standard InChI is InChI=1S/C30H50O25/c1-5-9(33)13(37)24(55-27-17(41)12(36)14(38)23(54-27)25(44)45)30(48-5)53-21-10(34)6(2)47-28(18(21)42)52-22-11(35)7(3-31)50-29(19(22)43)51-20-8(4-32)49-26(46)16(40)15(20)39/h5-24,26-43,46H,3-4H2,1-2H3,(H,44,45)/t5-,6-,7+,8+,9-,10-,11+,12-,13+,14-,15+,16+,17+,18+,19+,20+,21+,22-,23-,24+,26-,27-,28-,29-,30-/m0/s1. The molecular formula is C30H50O25. The zero-order chi connectivity index (χ0) is 40.8. The molecule has 0 spiro atoms. The van der Waals surface area contributed by atoms with Gasteiger partial charge in [0.2, 0.25) is 0 Å². The fourth-order valence-corrected chi connectivity index (χ4v) is 6.87. The van der Waals surface area contributed by atoms with Gasteiger partial charge in [-0.25, -0.2) is 4.79 Å².